The predicted molar refractivity (Wildman–Crippen MR) is 107 cm³/mol. The van der Waals surface area contributed by atoms with Crippen LogP contribution in [0.15, 0.2) is 48.5 Å². The van der Waals surface area contributed by atoms with Crippen LogP contribution in [-0.2, 0) is 22.7 Å². The number of amides is 2. The molecule has 0 radical (unpaired) electrons. The minimum absolute atomic E-state index is 0.164. The highest BCUT2D eigenvalue weighted by molar-refractivity contribution is 6.39. The lowest BCUT2D eigenvalue weighted by Gasteiger charge is -2.18. The van der Waals surface area contributed by atoms with Crippen molar-refractivity contribution in [1.82, 2.24) is 10.2 Å². The second-order valence-electron chi connectivity index (χ2n) is 6.22. The molecule has 0 fully saturated rings. The number of carbonyl (C=O) groups excluding carboxylic acids is 2. The first-order valence-corrected chi connectivity index (χ1v) is 9.06. The van der Waals surface area contributed by atoms with Crippen molar-refractivity contribution in [3.63, 3.8) is 0 Å². The molecule has 0 bridgehead atoms. The zero-order valence-electron chi connectivity index (χ0n) is 16.0. The maximum atomic E-state index is 12.0. The summed E-state index contributed by atoms with van der Waals surface area (Å²) >= 11 is 0. The fraction of sp³-hybridized carbons (Fsp3) is 0.300. The molecule has 0 aliphatic heterocycles. The average molecular weight is 384 g/mol. The number of carbonyl (C=O) groups is 2. The number of nitro benzene ring substituents is 1. The molecule has 0 aromatic heterocycles. The molecule has 0 aliphatic carbocycles. The molecule has 0 unspecified atom stereocenters. The summed E-state index contributed by atoms with van der Waals surface area (Å²) in [5, 5.41) is 15.7. The Hall–Kier alpha value is -3.26. The summed E-state index contributed by atoms with van der Waals surface area (Å²) in [4.78, 5) is 36.4. The fourth-order valence-electron chi connectivity index (χ4n) is 2.62. The first-order chi connectivity index (χ1) is 13.4. The number of non-ortho nitro benzene ring substituents is 1. The Kier molecular flexibility index (Phi) is 7.65. The van der Waals surface area contributed by atoms with Crippen LogP contribution in [0, 0.1) is 10.1 Å². The van der Waals surface area contributed by atoms with Crippen molar-refractivity contribution in [2.24, 2.45) is 0 Å². The van der Waals surface area contributed by atoms with Crippen LogP contribution in [0.4, 0.5) is 11.4 Å². The smallest absolute Gasteiger partial charge is 0.313 e. The molecule has 8 heteroatoms. The molecule has 2 amide bonds. The minimum atomic E-state index is -0.876. The summed E-state index contributed by atoms with van der Waals surface area (Å²) in [6, 6.07) is 13.2. The maximum absolute atomic E-state index is 12.0. The largest absolute Gasteiger partial charge is 0.344 e. The first-order valence-electron chi connectivity index (χ1n) is 9.06. The second-order valence-corrected chi connectivity index (χ2v) is 6.22. The number of rotatable bonds is 8. The van der Waals surface area contributed by atoms with Gasteiger partial charge in [0.05, 0.1) is 4.92 Å². The topological polar surface area (TPSA) is 105 Å². The van der Waals surface area contributed by atoms with Crippen LogP contribution in [0.25, 0.3) is 0 Å². The first kappa shape index (κ1) is 21.0. The molecule has 0 aliphatic rings. The van der Waals surface area contributed by atoms with E-state index in [9.17, 15) is 19.7 Å². The van der Waals surface area contributed by atoms with E-state index in [1.165, 1.54) is 29.8 Å². The van der Waals surface area contributed by atoms with Crippen LogP contribution in [0.2, 0.25) is 0 Å². The lowest BCUT2D eigenvalue weighted by molar-refractivity contribution is -0.384. The number of nitro groups is 1. The van der Waals surface area contributed by atoms with Gasteiger partial charge in [0.25, 0.3) is 5.69 Å². The van der Waals surface area contributed by atoms with E-state index in [-0.39, 0.29) is 17.9 Å². The van der Waals surface area contributed by atoms with Gasteiger partial charge in [0, 0.05) is 30.9 Å². The lowest BCUT2D eigenvalue weighted by Crippen LogP contribution is -2.34. The van der Waals surface area contributed by atoms with Crippen LogP contribution < -0.4 is 10.6 Å². The van der Waals surface area contributed by atoms with Crippen LogP contribution in [-0.4, -0.2) is 34.7 Å². The van der Waals surface area contributed by atoms with Gasteiger partial charge in [-0.3, -0.25) is 24.6 Å². The van der Waals surface area contributed by atoms with E-state index >= 15 is 0 Å². The normalized spacial score (nSPS) is 10.5. The van der Waals surface area contributed by atoms with Gasteiger partial charge < -0.3 is 10.6 Å². The Morgan fingerprint density at radius 1 is 1.00 bits per heavy atom. The van der Waals surface area contributed by atoms with Crippen molar-refractivity contribution in [3.05, 3.63) is 69.8 Å². The number of benzene rings is 2. The number of hydrogen-bond donors (Lipinski definition) is 2. The third-order valence-electron chi connectivity index (χ3n) is 4.30. The van der Waals surface area contributed by atoms with Crippen molar-refractivity contribution in [2.45, 2.75) is 26.9 Å². The van der Waals surface area contributed by atoms with Crippen molar-refractivity contribution in [2.75, 3.05) is 18.4 Å². The number of nitrogens with one attached hydrogen (secondary N) is 2. The quantitative estimate of drug-likeness (QED) is 0.414. The van der Waals surface area contributed by atoms with Gasteiger partial charge in [-0.05, 0) is 30.3 Å². The summed E-state index contributed by atoms with van der Waals surface area (Å²) < 4.78 is 0. The highest BCUT2D eigenvalue weighted by Crippen LogP contribution is 2.16. The van der Waals surface area contributed by atoms with Gasteiger partial charge in [0.15, 0.2) is 0 Å². The van der Waals surface area contributed by atoms with E-state index in [4.69, 9.17) is 0 Å². The molecule has 2 N–H and O–H groups in total. The molecule has 0 atom stereocenters. The third kappa shape index (κ3) is 6.17. The highest BCUT2D eigenvalue weighted by atomic mass is 16.6. The molecule has 0 saturated heterocycles. The molecule has 8 nitrogen and oxygen atoms in total. The molecule has 148 valence electrons. The SMILES string of the molecule is CCN(CC)Cc1ccc(CNC(=O)C(=O)Nc2cccc([N+](=O)[O-])c2)cc1. The van der Waals surface area contributed by atoms with Gasteiger partial charge >= 0.3 is 11.8 Å². The van der Waals surface area contributed by atoms with E-state index in [2.05, 4.69) is 29.4 Å². The minimum Gasteiger partial charge on any atom is -0.344 e. The Bertz CT molecular complexity index is 832. The van der Waals surface area contributed by atoms with E-state index in [0.717, 1.165) is 25.2 Å². The van der Waals surface area contributed by atoms with Crippen molar-refractivity contribution < 1.29 is 14.5 Å². The van der Waals surface area contributed by atoms with Crippen LogP contribution in [0.3, 0.4) is 0 Å². The second kappa shape index (κ2) is 10.2. The molecule has 0 spiro atoms. The fourth-order valence-corrected chi connectivity index (χ4v) is 2.62. The Balaban J connectivity index is 1.86. The highest BCUT2D eigenvalue weighted by Gasteiger charge is 2.15. The van der Waals surface area contributed by atoms with Gasteiger partial charge in [0.1, 0.15) is 0 Å². The molecule has 2 aromatic carbocycles. The van der Waals surface area contributed by atoms with Crippen molar-refractivity contribution in [1.29, 1.82) is 0 Å². The molecular weight excluding hydrogens is 360 g/mol. The van der Waals surface area contributed by atoms with Gasteiger partial charge in [0.2, 0.25) is 0 Å². The van der Waals surface area contributed by atoms with Gasteiger partial charge in [-0.15, -0.1) is 0 Å². The molecule has 28 heavy (non-hydrogen) atoms. The molecule has 0 saturated carbocycles. The van der Waals surface area contributed by atoms with E-state index < -0.39 is 16.7 Å². The monoisotopic (exact) mass is 384 g/mol. The van der Waals surface area contributed by atoms with Gasteiger partial charge in [-0.2, -0.15) is 0 Å². The molecule has 0 heterocycles. The number of nitrogens with zero attached hydrogens (tertiary/aromatic N) is 2. The third-order valence-corrected chi connectivity index (χ3v) is 4.30. The summed E-state index contributed by atoms with van der Waals surface area (Å²) in [5.74, 6) is -1.68. The summed E-state index contributed by atoms with van der Waals surface area (Å²) in [5.41, 5.74) is 2.08. The molecule has 2 rings (SSSR count). The van der Waals surface area contributed by atoms with Crippen molar-refractivity contribution >= 4 is 23.2 Å². The Labute approximate surface area is 163 Å². The zero-order valence-corrected chi connectivity index (χ0v) is 16.0. The van der Waals surface area contributed by atoms with E-state index in [1.807, 2.05) is 24.3 Å². The van der Waals surface area contributed by atoms with Crippen LogP contribution >= 0.6 is 0 Å². The van der Waals surface area contributed by atoms with E-state index in [1.54, 1.807) is 0 Å². The lowest BCUT2D eigenvalue weighted by atomic mass is 10.1. The Morgan fingerprint density at radius 2 is 1.64 bits per heavy atom. The van der Waals surface area contributed by atoms with Crippen LogP contribution in [0.1, 0.15) is 25.0 Å². The Morgan fingerprint density at radius 3 is 2.25 bits per heavy atom. The average Bonchev–Trinajstić information content (AvgIpc) is 2.71. The van der Waals surface area contributed by atoms with Gasteiger partial charge in [-0.1, -0.05) is 44.2 Å². The predicted octanol–water partition coefficient (Wildman–Crippen LogP) is 2.69. The van der Waals surface area contributed by atoms with Crippen molar-refractivity contribution in [3.8, 4) is 0 Å². The zero-order chi connectivity index (χ0) is 20.5. The standard InChI is InChI=1S/C20H24N4O4/c1-3-23(4-2)14-16-10-8-15(9-11-16)13-21-19(25)20(26)22-17-6-5-7-18(12-17)24(27)28/h5-12H,3-4,13-14H2,1-2H3,(H,21,25)(H,22,26). The maximum Gasteiger partial charge on any atom is 0.313 e. The van der Waals surface area contributed by atoms with Gasteiger partial charge in [-0.25, -0.2) is 0 Å². The summed E-state index contributed by atoms with van der Waals surface area (Å²) in [6.07, 6.45) is 0. The van der Waals surface area contributed by atoms with Crippen LogP contribution in [0.5, 0.6) is 0 Å². The number of anilines is 1. The summed E-state index contributed by atoms with van der Waals surface area (Å²) in [6.45, 7) is 7.28. The summed E-state index contributed by atoms with van der Waals surface area (Å²) in [7, 11) is 0. The van der Waals surface area contributed by atoms with E-state index in [0.29, 0.717) is 0 Å². The molecule has 2 aromatic rings. The molecular formula is C20H24N4O4. The number of hydrogen-bond acceptors (Lipinski definition) is 5.